The lowest BCUT2D eigenvalue weighted by Gasteiger charge is -2.19. The second kappa shape index (κ2) is 8.90. The molecule has 170 valence electrons. The van der Waals surface area contributed by atoms with Gasteiger partial charge in [0.25, 0.3) is 5.56 Å². The quantitative estimate of drug-likeness (QED) is 0.466. The van der Waals surface area contributed by atoms with Gasteiger partial charge in [0.2, 0.25) is 5.91 Å². The first-order valence-corrected chi connectivity index (χ1v) is 10.8. The average molecular weight is 447 g/mol. The van der Waals surface area contributed by atoms with E-state index in [-0.39, 0.29) is 11.4 Å². The van der Waals surface area contributed by atoms with E-state index in [4.69, 9.17) is 9.26 Å². The maximum Gasteiger partial charge on any atom is 0.297 e. The Morgan fingerprint density at radius 2 is 1.85 bits per heavy atom. The van der Waals surface area contributed by atoms with Crippen LogP contribution in [0.25, 0.3) is 22.2 Å². The highest BCUT2D eigenvalue weighted by Crippen LogP contribution is 2.30. The molecule has 4 aromatic rings. The number of ether oxygens (including phenoxy) is 1. The first kappa shape index (κ1) is 22.3. The molecule has 1 N–H and O–H groups in total. The number of benzene rings is 2. The highest BCUT2D eigenvalue weighted by atomic mass is 16.5. The molecule has 8 nitrogen and oxygen atoms in total. The summed E-state index contributed by atoms with van der Waals surface area (Å²) in [4.78, 5) is 26.6. The Labute approximate surface area is 191 Å². The van der Waals surface area contributed by atoms with Gasteiger partial charge in [0.1, 0.15) is 23.2 Å². The van der Waals surface area contributed by atoms with Crippen molar-refractivity contribution in [2.24, 2.45) is 0 Å². The van der Waals surface area contributed by atoms with Gasteiger partial charge < -0.3 is 14.6 Å². The third-order valence-corrected chi connectivity index (χ3v) is 5.77. The molecule has 0 saturated heterocycles. The number of carbonyl (C=O) groups excluding carboxylic acids is 1. The van der Waals surface area contributed by atoms with Crippen molar-refractivity contribution < 1.29 is 14.1 Å². The zero-order valence-corrected chi connectivity index (χ0v) is 19.3. The number of anilines is 1. The minimum absolute atomic E-state index is 0.138. The van der Waals surface area contributed by atoms with Crippen molar-refractivity contribution >= 4 is 22.5 Å². The van der Waals surface area contributed by atoms with Crippen LogP contribution in [-0.2, 0) is 4.79 Å². The zero-order chi connectivity index (χ0) is 23.7. The number of hydrogen-bond acceptors (Lipinski definition) is 6. The van der Waals surface area contributed by atoms with E-state index in [0.29, 0.717) is 29.0 Å². The standard InChI is InChI=1S/C25H26N4O4/c1-6-19(24(30)26-21-14(2)9-7-10-15(21)3)29-25(31)23-20(16(4)33-28-23)22(27-29)17-11-8-12-18(13-17)32-5/h7-13,19H,6H2,1-5H3,(H,26,30). The van der Waals surface area contributed by atoms with Gasteiger partial charge >= 0.3 is 0 Å². The van der Waals surface area contributed by atoms with Crippen molar-refractivity contribution in [2.45, 2.75) is 40.2 Å². The Balaban J connectivity index is 1.86. The number of methoxy groups -OCH3 is 1. The van der Waals surface area contributed by atoms with Gasteiger partial charge in [-0.2, -0.15) is 5.10 Å². The van der Waals surface area contributed by atoms with Gasteiger partial charge in [-0.1, -0.05) is 42.4 Å². The molecule has 1 amide bonds. The van der Waals surface area contributed by atoms with Crippen LogP contribution in [0.4, 0.5) is 5.69 Å². The van der Waals surface area contributed by atoms with Crippen LogP contribution in [0.3, 0.4) is 0 Å². The van der Waals surface area contributed by atoms with E-state index in [1.165, 1.54) is 4.68 Å². The summed E-state index contributed by atoms with van der Waals surface area (Å²) >= 11 is 0. The fourth-order valence-corrected chi connectivity index (χ4v) is 3.98. The lowest BCUT2D eigenvalue weighted by molar-refractivity contribution is -0.119. The third-order valence-electron chi connectivity index (χ3n) is 5.77. The molecule has 0 spiro atoms. The summed E-state index contributed by atoms with van der Waals surface area (Å²) in [5.41, 5.74) is 3.51. The molecule has 0 aliphatic carbocycles. The van der Waals surface area contributed by atoms with Crippen LogP contribution in [0, 0.1) is 20.8 Å². The van der Waals surface area contributed by atoms with Gasteiger partial charge in [0.05, 0.1) is 12.5 Å². The fraction of sp³-hybridized carbons (Fsp3) is 0.280. The van der Waals surface area contributed by atoms with Gasteiger partial charge in [0.15, 0.2) is 5.52 Å². The molecule has 2 heterocycles. The lowest BCUT2D eigenvalue weighted by Crippen LogP contribution is -2.35. The molecule has 4 rings (SSSR count). The van der Waals surface area contributed by atoms with E-state index in [1.54, 1.807) is 14.0 Å². The van der Waals surface area contributed by atoms with E-state index in [0.717, 1.165) is 22.4 Å². The Morgan fingerprint density at radius 1 is 1.15 bits per heavy atom. The molecule has 2 aromatic heterocycles. The van der Waals surface area contributed by atoms with Crippen molar-refractivity contribution in [3.8, 4) is 17.0 Å². The molecule has 1 atom stereocenters. The molecule has 0 fully saturated rings. The number of aryl methyl sites for hydroxylation is 3. The zero-order valence-electron chi connectivity index (χ0n) is 19.3. The smallest absolute Gasteiger partial charge is 0.297 e. The number of nitrogens with zero attached hydrogens (tertiary/aromatic N) is 3. The maximum atomic E-state index is 13.3. The van der Waals surface area contributed by atoms with Crippen LogP contribution in [0.1, 0.15) is 36.3 Å². The maximum absolute atomic E-state index is 13.3. The van der Waals surface area contributed by atoms with E-state index in [9.17, 15) is 9.59 Å². The number of fused-ring (bicyclic) bond motifs is 1. The summed E-state index contributed by atoms with van der Waals surface area (Å²) in [6.45, 7) is 7.43. The molecule has 2 aromatic carbocycles. The van der Waals surface area contributed by atoms with Crippen molar-refractivity contribution in [2.75, 3.05) is 12.4 Å². The van der Waals surface area contributed by atoms with Crippen molar-refractivity contribution in [1.29, 1.82) is 0 Å². The highest BCUT2D eigenvalue weighted by Gasteiger charge is 2.27. The normalized spacial score (nSPS) is 12.0. The van der Waals surface area contributed by atoms with E-state index < -0.39 is 11.6 Å². The number of aromatic nitrogens is 3. The minimum atomic E-state index is -0.831. The summed E-state index contributed by atoms with van der Waals surface area (Å²) in [5.74, 6) is 0.808. The first-order chi connectivity index (χ1) is 15.8. The van der Waals surface area contributed by atoms with Gasteiger partial charge in [0, 0.05) is 11.3 Å². The summed E-state index contributed by atoms with van der Waals surface area (Å²) in [5, 5.41) is 12.1. The Hall–Kier alpha value is -3.94. The molecule has 0 bridgehead atoms. The molecule has 0 aliphatic rings. The predicted octanol–water partition coefficient (Wildman–Crippen LogP) is 4.58. The Kier molecular flexibility index (Phi) is 6.00. The van der Waals surface area contributed by atoms with Crippen LogP contribution in [0.5, 0.6) is 5.75 Å². The Morgan fingerprint density at radius 3 is 2.52 bits per heavy atom. The predicted molar refractivity (Wildman–Crippen MR) is 127 cm³/mol. The van der Waals surface area contributed by atoms with Crippen LogP contribution >= 0.6 is 0 Å². The summed E-state index contributed by atoms with van der Waals surface area (Å²) < 4.78 is 11.9. The van der Waals surface area contributed by atoms with Gasteiger partial charge in [-0.05, 0) is 50.5 Å². The number of carbonyl (C=O) groups is 1. The second-order valence-electron chi connectivity index (χ2n) is 7.97. The van der Waals surface area contributed by atoms with Gasteiger partial charge in [-0.15, -0.1) is 0 Å². The first-order valence-electron chi connectivity index (χ1n) is 10.8. The van der Waals surface area contributed by atoms with Crippen LogP contribution in [0.2, 0.25) is 0 Å². The van der Waals surface area contributed by atoms with Crippen LogP contribution < -0.4 is 15.6 Å². The summed E-state index contributed by atoms with van der Waals surface area (Å²) in [6.07, 6.45) is 0.365. The number of rotatable bonds is 6. The topological polar surface area (TPSA) is 99.2 Å². The minimum Gasteiger partial charge on any atom is -0.497 e. The molecular weight excluding hydrogens is 420 g/mol. The van der Waals surface area contributed by atoms with E-state index >= 15 is 0 Å². The van der Waals surface area contributed by atoms with E-state index in [2.05, 4.69) is 15.6 Å². The molecular formula is C25H26N4O4. The Bertz CT molecular complexity index is 1380. The molecule has 8 heteroatoms. The van der Waals surface area contributed by atoms with Crippen LogP contribution in [-0.4, -0.2) is 28.0 Å². The van der Waals surface area contributed by atoms with Gasteiger partial charge in [-0.3, -0.25) is 9.59 Å². The number of amides is 1. The lowest BCUT2D eigenvalue weighted by atomic mass is 10.1. The molecule has 33 heavy (non-hydrogen) atoms. The molecule has 0 aliphatic heterocycles. The average Bonchev–Trinajstić information content (AvgIpc) is 3.20. The number of nitrogens with one attached hydrogen (secondary N) is 1. The summed E-state index contributed by atoms with van der Waals surface area (Å²) in [6, 6.07) is 12.3. The third kappa shape index (κ3) is 4.00. The largest absolute Gasteiger partial charge is 0.497 e. The van der Waals surface area contributed by atoms with Gasteiger partial charge in [-0.25, -0.2) is 4.68 Å². The second-order valence-corrected chi connectivity index (χ2v) is 7.97. The summed E-state index contributed by atoms with van der Waals surface area (Å²) in [7, 11) is 1.58. The van der Waals surface area contributed by atoms with E-state index in [1.807, 2.05) is 63.2 Å². The monoisotopic (exact) mass is 446 g/mol. The van der Waals surface area contributed by atoms with Crippen molar-refractivity contribution in [3.05, 3.63) is 69.7 Å². The SMILES string of the molecule is CCC(C(=O)Nc1c(C)cccc1C)n1nc(-c2cccc(OC)c2)c2c(C)onc2c1=O. The van der Waals surface area contributed by atoms with Crippen LogP contribution in [0.15, 0.2) is 51.8 Å². The molecule has 1 unspecified atom stereocenters. The van der Waals surface area contributed by atoms with Crippen molar-refractivity contribution in [3.63, 3.8) is 0 Å². The number of para-hydroxylation sites is 1. The number of hydrogen-bond donors (Lipinski definition) is 1. The fourth-order valence-electron chi connectivity index (χ4n) is 3.98. The highest BCUT2D eigenvalue weighted by molar-refractivity contribution is 5.96. The molecule has 0 saturated carbocycles. The molecule has 0 radical (unpaired) electrons. The van der Waals surface area contributed by atoms with Crippen molar-refractivity contribution in [1.82, 2.24) is 14.9 Å².